The van der Waals surface area contributed by atoms with Gasteiger partial charge in [-0.15, -0.1) is 0 Å². The molecule has 0 bridgehead atoms. The van der Waals surface area contributed by atoms with Gasteiger partial charge in [0.1, 0.15) is 18.1 Å². The number of hydrogen-bond donors (Lipinski definition) is 2. The Morgan fingerprint density at radius 2 is 2.00 bits per heavy atom. The fourth-order valence-electron chi connectivity index (χ4n) is 1.50. The van der Waals surface area contributed by atoms with Crippen LogP contribution in [0.1, 0.15) is 0 Å². The van der Waals surface area contributed by atoms with Gasteiger partial charge in [0.25, 0.3) is 0 Å². The molecular formula is C11H12N4O. The Morgan fingerprint density at radius 3 is 2.62 bits per heavy atom. The number of benzene rings is 1. The first kappa shape index (κ1) is 10.2. The number of imidazole rings is 1. The van der Waals surface area contributed by atoms with Gasteiger partial charge in [-0.05, 0) is 0 Å². The minimum atomic E-state index is -0.441. The summed E-state index contributed by atoms with van der Waals surface area (Å²) in [5.41, 5.74) is 12.6. The normalized spacial score (nSPS) is 10.2. The topological polar surface area (TPSA) is 86.9 Å². The van der Waals surface area contributed by atoms with Crippen molar-refractivity contribution in [1.82, 2.24) is 9.55 Å². The van der Waals surface area contributed by atoms with Gasteiger partial charge in [0.15, 0.2) is 0 Å². The van der Waals surface area contributed by atoms with Gasteiger partial charge in [0.2, 0.25) is 5.91 Å². The molecule has 0 atom stereocenters. The first-order chi connectivity index (χ1) is 7.68. The molecule has 0 spiro atoms. The summed E-state index contributed by atoms with van der Waals surface area (Å²) in [7, 11) is 0. The Bertz CT molecular complexity index is 504. The largest absolute Gasteiger partial charge is 0.383 e. The second kappa shape index (κ2) is 4.06. The SMILES string of the molecule is NC(=O)Cn1cnc(-c2ccccc2)c1N. The summed E-state index contributed by atoms with van der Waals surface area (Å²) in [4.78, 5) is 15.0. The van der Waals surface area contributed by atoms with E-state index in [9.17, 15) is 4.79 Å². The molecule has 2 rings (SSSR count). The highest BCUT2D eigenvalue weighted by molar-refractivity contribution is 5.76. The molecule has 1 amide bonds. The maximum absolute atomic E-state index is 10.8. The van der Waals surface area contributed by atoms with Gasteiger partial charge < -0.3 is 16.0 Å². The smallest absolute Gasteiger partial charge is 0.237 e. The number of nitrogens with zero attached hydrogens (tertiary/aromatic N) is 2. The van der Waals surface area contributed by atoms with Crippen LogP contribution in [-0.2, 0) is 11.3 Å². The molecule has 16 heavy (non-hydrogen) atoms. The van der Waals surface area contributed by atoms with Gasteiger partial charge in [0.05, 0.1) is 6.33 Å². The van der Waals surface area contributed by atoms with Crippen LogP contribution in [0.25, 0.3) is 11.3 Å². The first-order valence-electron chi connectivity index (χ1n) is 4.83. The van der Waals surface area contributed by atoms with Gasteiger partial charge in [-0.25, -0.2) is 4.98 Å². The van der Waals surface area contributed by atoms with Crippen LogP contribution in [0, 0.1) is 0 Å². The Morgan fingerprint density at radius 1 is 1.31 bits per heavy atom. The number of primary amides is 1. The zero-order valence-corrected chi connectivity index (χ0v) is 8.63. The number of carbonyl (C=O) groups excluding carboxylic acids is 1. The fraction of sp³-hybridized carbons (Fsp3) is 0.0909. The van der Waals surface area contributed by atoms with Crippen LogP contribution in [0.15, 0.2) is 36.7 Å². The van der Waals surface area contributed by atoms with Crippen molar-refractivity contribution in [2.75, 3.05) is 5.73 Å². The minimum Gasteiger partial charge on any atom is -0.383 e. The third-order valence-electron chi connectivity index (χ3n) is 2.25. The monoisotopic (exact) mass is 216 g/mol. The van der Waals surface area contributed by atoms with Crippen LogP contribution < -0.4 is 11.5 Å². The van der Waals surface area contributed by atoms with Gasteiger partial charge in [0, 0.05) is 5.56 Å². The number of carbonyl (C=O) groups is 1. The molecular weight excluding hydrogens is 204 g/mol. The number of hydrogen-bond acceptors (Lipinski definition) is 3. The van der Waals surface area contributed by atoms with E-state index in [4.69, 9.17) is 11.5 Å². The van der Waals surface area contributed by atoms with Crippen molar-refractivity contribution in [3.8, 4) is 11.3 Å². The fourth-order valence-corrected chi connectivity index (χ4v) is 1.50. The number of nitrogen functional groups attached to an aromatic ring is 1. The highest BCUT2D eigenvalue weighted by Crippen LogP contribution is 2.23. The van der Waals surface area contributed by atoms with E-state index in [0.29, 0.717) is 11.5 Å². The average Bonchev–Trinajstić information content (AvgIpc) is 2.61. The van der Waals surface area contributed by atoms with E-state index in [1.54, 1.807) is 0 Å². The van der Waals surface area contributed by atoms with Crippen LogP contribution in [0.4, 0.5) is 5.82 Å². The Balaban J connectivity index is 2.37. The number of aromatic nitrogens is 2. The average molecular weight is 216 g/mol. The molecule has 0 saturated carbocycles. The van der Waals surface area contributed by atoms with Gasteiger partial charge in [-0.3, -0.25) is 4.79 Å². The molecule has 0 aliphatic carbocycles. The molecule has 1 heterocycles. The van der Waals surface area contributed by atoms with Crippen molar-refractivity contribution in [1.29, 1.82) is 0 Å². The standard InChI is InChI=1S/C11H12N4O/c12-9(16)6-15-7-14-10(11(15)13)8-4-2-1-3-5-8/h1-5,7H,6,13H2,(H2,12,16). The first-order valence-corrected chi connectivity index (χ1v) is 4.83. The molecule has 0 fully saturated rings. The lowest BCUT2D eigenvalue weighted by molar-refractivity contribution is -0.118. The van der Waals surface area contributed by atoms with Crippen molar-refractivity contribution < 1.29 is 4.79 Å². The molecule has 0 aliphatic rings. The Hall–Kier alpha value is -2.30. The third-order valence-corrected chi connectivity index (χ3v) is 2.25. The maximum Gasteiger partial charge on any atom is 0.237 e. The summed E-state index contributed by atoms with van der Waals surface area (Å²) in [6.07, 6.45) is 1.52. The van der Waals surface area contributed by atoms with E-state index in [2.05, 4.69) is 4.98 Å². The summed E-state index contributed by atoms with van der Waals surface area (Å²) in [6.45, 7) is 0.0473. The second-order valence-corrected chi connectivity index (χ2v) is 3.44. The van der Waals surface area contributed by atoms with Crippen LogP contribution in [-0.4, -0.2) is 15.5 Å². The van der Waals surface area contributed by atoms with Gasteiger partial charge >= 0.3 is 0 Å². The van der Waals surface area contributed by atoms with Crippen molar-refractivity contribution in [3.05, 3.63) is 36.7 Å². The summed E-state index contributed by atoms with van der Waals surface area (Å²) >= 11 is 0. The van der Waals surface area contributed by atoms with Crippen molar-refractivity contribution >= 4 is 11.7 Å². The van der Waals surface area contributed by atoms with Crippen molar-refractivity contribution in [3.63, 3.8) is 0 Å². The van der Waals surface area contributed by atoms with E-state index in [1.165, 1.54) is 10.9 Å². The predicted octanol–water partition coefficient (Wildman–Crippen LogP) is 0.618. The van der Waals surface area contributed by atoms with Crippen molar-refractivity contribution in [2.24, 2.45) is 5.73 Å². The maximum atomic E-state index is 10.8. The summed E-state index contributed by atoms with van der Waals surface area (Å²) in [5.74, 6) is 0.00807. The summed E-state index contributed by atoms with van der Waals surface area (Å²) < 4.78 is 1.53. The van der Waals surface area contributed by atoms with E-state index < -0.39 is 5.91 Å². The number of rotatable bonds is 3. The van der Waals surface area contributed by atoms with Crippen LogP contribution in [0.5, 0.6) is 0 Å². The van der Waals surface area contributed by atoms with Crippen LogP contribution in [0.3, 0.4) is 0 Å². The minimum absolute atomic E-state index is 0.0473. The molecule has 0 aliphatic heterocycles. The lowest BCUT2D eigenvalue weighted by Gasteiger charge is -2.02. The second-order valence-electron chi connectivity index (χ2n) is 3.44. The number of amides is 1. The molecule has 5 nitrogen and oxygen atoms in total. The van der Waals surface area contributed by atoms with E-state index in [-0.39, 0.29) is 6.54 Å². The summed E-state index contributed by atoms with van der Waals surface area (Å²) in [6, 6.07) is 9.55. The third kappa shape index (κ3) is 1.88. The molecule has 4 N–H and O–H groups in total. The Labute approximate surface area is 92.7 Å². The van der Waals surface area contributed by atoms with E-state index in [0.717, 1.165) is 5.56 Å². The van der Waals surface area contributed by atoms with Gasteiger partial charge in [-0.2, -0.15) is 0 Å². The molecule has 2 aromatic rings. The molecule has 0 radical (unpaired) electrons. The summed E-state index contributed by atoms with van der Waals surface area (Å²) in [5, 5.41) is 0. The van der Waals surface area contributed by atoms with Crippen molar-refractivity contribution in [2.45, 2.75) is 6.54 Å². The lowest BCUT2D eigenvalue weighted by Crippen LogP contribution is -2.19. The Kier molecular flexibility index (Phi) is 2.59. The van der Waals surface area contributed by atoms with Crippen LogP contribution >= 0.6 is 0 Å². The molecule has 0 saturated heterocycles. The van der Waals surface area contributed by atoms with E-state index in [1.807, 2.05) is 30.3 Å². The van der Waals surface area contributed by atoms with E-state index >= 15 is 0 Å². The predicted molar refractivity (Wildman–Crippen MR) is 61.3 cm³/mol. The molecule has 1 aromatic heterocycles. The highest BCUT2D eigenvalue weighted by atomic mass is 16.1. The highest BCUT2D eigenvalue weighted by Gasteiger charge is 2.10. The zero-order valence-electron chi connectivity index (χ0n) is 8.63. The number of anilines is 1. The van der Waals surface area contributed by atoms with Crippen LogP contribution in [0.2, 0.25) is 0 Å². The zero-order chi connectivity index (χ0) is 11.5. The molecule has 0 unspecified atom stereocenters. The number of nitrogens with two attached hydrogens (primary N) is 2. The lowest BCUT2D eigenvalue weighted by atomic mass is 10.1. The molecule has 1 aromatic carbocycles. The van der Waals surface area contributed by atoms with Gasteiger partial charge in [-0.1, -0.05) is 30.3 Å². The molecule has 5 heteroatoms. The molecule has 82 valence electrons. The quantitative estimate of drug-likeness (QED) is 0.788.